The van der Waals surface area contributed by atoms with E-state index in [2.05, 4.69) is 26.6 Å². The van der Waals surface area contributed by atoms with Gasteiger partial charge in [-0.3, -0.25) is 0 Å². The third kappa shape index (κ3) is 5.68. The van der Waals surface area contributed by atoms with Crippen LogP contribution in [0.15, 0.2) is 53.2 Å². The Bertz CT molecular complexity index is 1940. The highest BCUT2D eigenvalue weighted by Gasteiger charge is 2.37. The van der Waals surface area contributed by atoms with Gasteiger partial charge in [0.1, 0.15) is 28.9 Å². The molecule has 7 rings (SSSR count). The number of rotatable bonds is 8. The maximum absolute atomic E-state index is 14.4. The summed E-state index contributed by atoms with van der Waals surface area (Å²) in [6.07, 6.45) is 2.22. The molecule has 2 saturated carbocycles. The summed E-state index contributed by atoms with van der Waals surface area (Å²) >= 11 is 0. The van der Waals surface area contributed by atoms with Crippen LogP contribution in [0.2, 0.25) is 0 Å². The molecule has 2 aliphatic rings. The van der Waals surface area contributed by atoms with Crippen molar-refractivity contribution in [3.8, 4) is 40.2 Å². The largest absolute Gasteiger partial charge is 0.434 e. The molecule has 0 unspecified atom stereocenters. The lowest BCUT2D eigenvalue weighted by atomic mass is 9.88. The van der Waals surface area contributed by atoms with E-state index >= 15 is 0 Å². The summed E-state index contributed by atoms with van der Waals surface area (Å²) in [4.78, 5) is 9.24. The van der Waals surface area contributed by atoms with Gasteiger partial charge in [0.05, 0.1) is 11.5 Å². The molecule has 0 spiro atoms. The Kier molecular flexibility index (Phi) is 7.16. The Morgan fingerprint density at radius 2 is 1.87 bits per heavy atom. The van der Waals surface area contributed by atoms with Crippen molar-refractivity contribution in [1.29, 1.82) is 5.26 Å². The Hall–Kier alpha value is -4.63. The van der Waals surface area contributed by atoms with E-state index in [1.807, 2.05) is 6.07 Å². The van der Waals surface area contributed by atoms with Crippen molar-refractivity contribution in [1.82, 2.24) is 30.0 Å². The highest BCUT2D eigenvalue weighted by molar-refractivity contribution is 5.84. The second-order valence-corrected chi connectivity index (χ2v) is 12.1. The fraction of sp³-hybridized carbons (Fsp3) is 0.364. The van der Waals surface area contributed by atoms with Crippen molar-refractivity contribution in [2.24, 2.45) is 12.5 Å². The van der Waals surface area contributed by atoms with Gasteiger partial charge >= 0.3 is 6.18 Å². The van der Waals surface area contributed by atoms with E-state index in [0.717, 1.165) is 50.3 Å². The van der Waals surface area contributed by atoms with E-state index in [-0.39, 0.29) is 35.1 Å². The van der Waals surface area contributed by atoms with Crippen molar-refractivity contribution in [2.45, 2.75) is 57.2 Å². The molecule has 45 heavy (non-hydrogen) atoms. The van der Waals surface area contributed by atoms with Crippen molar-refractivity contribution >= 4 is 11.1 Å². The number of nitrogens with zero attached hydrogens (tertiary/aromatic N) is 6. The SMILES string of the molecule is Cn1cnnc1-c1cc(F)ccc1-c1cc(-c2nc3cc(CNCC4(C#N)CCCC4)cc(C(F)(F)F)c3o2)nc(C2CC2)c1. The number of nitriles is 1. The number of fused-ring (bicyclic) bond motifs is 1. The fourth-order valence-electron chi connectivity index (χ4n) is 6.22. The molecule has 0 radical (unpaired) electrons. The van der Waals surface area contributed by atoms with Gasteiger partial charge in [-0.25, -0.2) is 14.4 Å². The average molecular weight is 616 g/mol. The summed E-state index contributed by atoms with van der Waals surface area (Å²) in [5.74, 6) is 0.179. The first kappa shape index (κ1) is 29.1. The van der Waals surface area contributed by atoms with Gasteiger partial charge in [-0.2, -0.15) is 18.4 Å². The lowest BCUT2D eigenvalue weighted by Crippen LogP contribution is -2.30. The maximum atomic E-state index is 14.4. The molecule has 2 aromatic carbocycles. The molecule has 1 N–H and O–H groups in total. The molecule has 0 saturated heterocycles. The first-order valence-corrected chi connectivity index (χ1v) is 14.9. The summed E-state index contributed by atoms with van der Waals surface area (Å²) in [6, 6.07) is 13.0. The van der Waals surface area contributed by atoms with Gasteiger partial charge in [-0.05, 0) is 78.8 Å². The zero-order valence-electron chi connectivity index (χ0n) is 24.5. The van der Waals surface area contributed by atoms with Gasteiger partial charge in [0.15, 0.2) is 11.4 Å². The lowest BCUT2D eigenvalue weighted by Gasteiger charge is -2.20. The van der Waals surface area contributed by atoms with E-state index in [9.17, 15) is 22.8 Å². The van der Waals surface area contributed by atoms with Crippen LogP contribution in [-0.4, -0.2) is 31.3 Å². The van der Waals surface area contributed by atoms with Crippen molar-refractivity contribution in [3.05, 3.63) is 71.4 Å². The highest BCUT2D eigenvalue weighted by Crippen LogP contribution is 2.44. The normalized spacial score (nSPS) is 16.4. The quantitative estimate of drug-likeness (QED) is 0.180. The third-order valence-electron chi connectivity index (χ3n) is 8.75. The summed E-state index contributed by atoms with van der Waals surface area (Å²) in [5, 5.41) is 20.9. The van der Waals surface area contributed by atoms with Gasteiger partial charge in [0, 0.05) is 37.3 Å². The second kappa shape index (κ2) is 11.1. The highest BCUT2D eigenvalue weighted by atomic mass is 19.4. The molecule has 2 fully saturated rings. The number of halogens is 4. The molecule has 5 aromatic rings. The van der Waals surface area contributed by atoms with E-state index in [4.69, 9.17) is 9.40 Å². The Morgan fingerprint density at radius 1 is 1.07 bits per heavy atom. The Morgan fingerprint density at radius 3 is 2.56 bits per heavy atom. The predicted molar refractivity (Wildman–Crippen MR) is 158 cm³/mol. The van der Waals surface area contributed by atoms with Crippen LogP contribution < -0.4 is 5.32 Å². The van der Waals surface area contributed by atoms with Gasteiger partial charge in [0.25, 0.3) is 0 Å². The Labute approximate surface area is 256 Å². The van der Waals surface area contributed by atoms with Crippen LogP contribution in [-0.2, 0) is 19.8 Å². The monoisotopic (exact) mass is 615 g/mol. The molecule has 0 atom stereocenters. The molecule has 0 bridgehead atoms. The molecule has 0 amide bonds. The molecule has 12 heteroatoms. The number of benzene rings is 2. The minimum absolute atomic E-state index is 0.0407. The minimum atomic E-state index is -4.68. The van der Waals surface area contributed by atoms with Crippen molar-refractivity contribution in [2.75, 3.05) is 6.54 Å². The minimum Gasteiger partial charge on any atom is -0.434 e. The number of aromatic nitrogens is 5. The van der Waals surface area contributed by atoms with Gasteiger partial charge in [-0.15, -0.1) is 10.2 Å². The number of pyridine rings is 1. The fourth-order valence-corrected chi connectivity index (χ4v) is 6.22. The van der Waals surface area contributed by atoms with Gasteiger partial charge < -0.3 is 14.3 Å². The van der Waals surface area contributed by atoms with Crippen LogP contribution >= 0.6 is 0 Å². The summed E-state index contributed by atoms with van der Waals surface area (Å²) in [7, 11) is 1.76. The van der Waals surface area contributed by atoms with Gasteiger partial charge in [-0.1, -0.05) is 18.9 Å². The first-order chi connectivity index (χ1) is 21.6. The third-order valence-corrected chi connectivity index (χ3v) is 8.75. The first-order valence-electron chi connectivity index (χ1n) is 14.9. The maximum Gasteiger partial charge on any atom is 0.420 e. The number of oxazole rings is 1. The number of alkyl halides is 3. The standard InChI is InChI=1S/C33H29F4N7O/c1-44-18-40-43-30(44)24-14-22(34)6-7-23(24)21-12-26(20-4-5-20)41-28(13-21)31-42-27-11-19(10-25(29(27)45-31)33(35,36)37)15-39-17-32(16-38)8-2-3-9-32/h6-7,10-14,18,20,39H,2-5,8-9,15,17H2,1H3. The Balaban J connectivity index is 1.29. The molecule has 230 valence electrons. The number of nitrogens with one attached hydrogen (secondary N) is 1. The van der Waals surface area contributed by atoms with E-state index in [1.54, 1.807) is 29.8 Å². The summed E-state index contributed by atoms with van der Waals surface area (Å²) in [5.41, 5.74) is 1.58. The van der Waals surface area contributed by atoms with Crippen LogP contribution in [0, 0.1) is 22.6 Å². The molecular weight excluding hydrogens is 586 g/mol. The van der Waals surface area contributed by atoms with Crippen molar-refractivity contribution < 1.29 is 22.0 Å². The summed E-state index contributed by atoms with van der Waals surface area (Å²) in [6.45, 7) is 0.562. The zero-order valence-corrected chi connectivity index (χ0v) is 24.5. The van der Waals surface area contributed by atoms with Crippen LogP contribution in [0.4, 0.5) is 17.6 Å². The molecule has 8 nitrogen and oxygen atoms in total. The molecule has 3 heterocycles. The second-order valence-electron chi connectivity index (χ2n) is 12.1. The summed E-state index contributed by atoms with van der Waals surface area (Å²) < 4.78 is 64.8. The van der Waals surface area contributed by atoms with E-state index in [1.165, 1.54) is 18.5 Å². The zero-order chi connectivity index (χ0) is 31.3. The molecule has 2 aliphatic carbocycles. The van der Waals surface area contributed by atoms with Crippen LogP contribution in [0.25, 0.3) is 45.2 Å². The number of aryl methyl sites for hydroxylation is 1. The van der Waals surface area contributed by atoms with Crippen LogP contribution in [0.1, 0.15) is 61.3 Å². The number of hydrogen-bond donors (Lipinski definition) is 1. The lowest BCUT2D eigenvalue weighted by molar-refractivity contribution is -0.136. The topological polar surface area (TPSA) is 105 Å². The van der Waals surface area contributed by atoms with Crippen molar-refractivity contribution in [3.63, 3.8) is 0 Å². The smallest absolute Gasteiger partial charge is 0.420 e. The predicted octanol–water partition coefficient (Wildman–Crippen LogP) is 7.56. The average Bonchev–Trinajstić information content (AvgIpc) is 3.38. The molecule has 0 aliphatic heterocycles. The van der Waals surface area contributed by atoms with Crippen LogP contribution in [0.5, 0.6) is 0 Å². The molecule has 3 aromatic heterocycles. The van der Waals surface area contributed by atoms with E-state index < -0.39 is 23.0 Å². The van der Waals surface area contributed by atoms with E-state index in [0.29, 0.717) is 34.6 Å². The number of hydrogen-bond acceptors (Lipinski definition) is 7. The van der Waals surface area contributed by atoms with Crippen LogP contribution in [0.3, 0.4) is 0 Å². The van der Waals surface area contributed by atoms with Gasteiger partial charge in [0.2, 0.25) is 5.89 Å². The molecular formula is C33H29F4N7O.